The number of hydrogen-bond donors (Lipinski definition) is 2. The SMILES string of the molecule is N#Cc1cccc(-c2ccc(=O)n(Cc3cccc(-c4ncc(N5CCC(CN6CCC(CC(=O)Nc7cccc8c7CN([C@H]7CCC(=O)NC7=O)C8=O)CC6)CC5)cn4)c3)n2)c1. The molecule has 2 N–H and O–H groups in total. The Morgan fingerprint density at radius 1 is 0.825 bits per heavy atom. The standard InChI is InChI=1S/C48H48N10O5/c49-25-33-4-1-6-35(22-33)40-10-13-45(61)58(54-40)29-34-5-2-7-36(23-34)46-50-26-37(27-51-46)56-20-16-32(17-21-56)28-55-18-14-31(15-19-55)24-44(60)52-41-9-3-8-38-39(41)30-57(48(38)63)42-11-12-43(59)53-47(42)62/h1-10,13,22-23,26-27,31-32,42H,11-12,14-21,24,28-30H2,(H,52,60)(H,53,59,62)/t42-/m0/s1. The van der Waals surface area contributed by atoms with E-state index in [1.54, 1.807) is 36.4 Å². The van der Waals surface area contributed by atoms with E-state index in [0.29, 0.717) is 52.7 Å². The van der Waals surface area contributed by atoms with Crippen LogP contribution in [0, 0.1) is 23.2 Å². The number of hydrogen-bond acceptors (Lipinski definition) is 11. The molecule has 3 aromatic carbocycles. The van der Waals surface area contributed by atoms with Gasteiger partial charge in [-0.3, -0.25) is 29.3 Å². The highest BCUT2D eigenvalue weighted by Gasteiger charge is 2.40. The monoisotopic (exact) mass is 844 g/mol. The van der Waals surface area contributed by atoms with Gasteiger partial charge in [0, 0.05) is 73.0 Å². The summed E-state index contributed by atoms with van der Waals surface area (Å²) in [5, 5.41) is 19.3. The lowest BCUT2D eigenvalue weighted by Crippen LogP contribution is -2.52. The zero-order valence-corrected chi connectivity index (χ0v) is 34.9. The van der Waals surface area contributed by atoms with Gasteiger partial charge in [-0.05, 0) is 99.0 Å². The van der Waals surface area contributed by atoms with Crippen molar-refractivity contribution in [1.82, 2.24) is 34.9 Å². The van der Waals surface area contributed by atoms with E-state index in [1.807, 2.05) is 48.8 Å². The second-order valence-electron chi connectivity index (χ2n) is 17.0. The molecule has 4 aliphatic heterocycles. The topological polar surface area (TPSA) is 187 Å². The number of rotatable bonds is 11. The number of piperidine rings is 3. The number of likely N-dealkylation sites (tertiary alicyclic amines) is 1. The molecule has 3 saturated heterocycles. The van der Waals surface area contributed by atoms with Crippen LogP contribution in [-0.4, -0.2) is 91.9 Å². The van der Waals surface area contributed by atoms with Crippen LogP contribution in [0.5, 0.6) is 0 Å². The molecule has 4 aliphatic rings. The van der Waals surface area contributed by atoms with E-state index in [0.717, 1.165) is 80.8 Å². The summed E-state index contributed by atoms with van der Waals surface area (Å²) in [7, 11) is 0. The molecule has 0 spiro atoms. The predicted molar refractivity (Wildman–Crippen MR) is 235 cm³/mol. The van der Waals surface area contributed by atoms with E-state index < -0.39 is 11.9 Å². The van der Waals surface area contributed by atoms with Crippen molar-refractivity contribution in [2.75, 3.05) is 42.9 Å². The van der Waals surface area contributed by atoms with Crippen molar-refractivity contribution >= 4 is 35.0 Å². The van der Waals surface area contributed by atoms with Crippen LogP contribution in [0.1, 0.15) is 72.0 Å². The fraction of sp³-hybridized carbons (Fsp3) is 0.354. The first-order valence-corrected chi connectivity index (χ1v) is 21.7. The van der Waals surface area contributed by atoms with Gasteiger partial charge in [0.15, 0.2) is 5.82 Å². The van der Waals surface area contributed by atoms with Gasteiger partial charge >= 0.3 is 0 Å². The Morgan fingerprint density at radius 2 is 1.57 bits per heavy atom. The average Bonchev–Trinajstić information content (AvgIpc) is 3.64. The summed E-state index contributed by atoms with van der Waals surface area (Å²) in [6.45, 7) is 5.33. The molecule has 0 unspecified atom stereocenters. The minimum absolute atomic E-state index is 0.0686. The average molecular weight is 845 g/mol. The lowest BCUT2D eigenvalue weighted by molar-refractivity contribution is -0.137. The van der Waals surface area contributed by atoms with E-state index in [4.69, 9.17) is 9.97 Å². The summed E-state index contributed by atoms with van der Waals surface area (Å²) in [6.07, 6.45) is 8.75. The second-order valence-corrected chi connectivity index (χ2v) is 17.0. The highest BCUT2D eigenvalue weighted by molar-refractivity contribution is 6.06. The van der Waals surface area contributed by atoms with Crippen molar-refractivity contribution in [3.63, 3.8) is 0 Å². The van der Waals surface area contributed by atoms with Crippen LogP contribution in [0.15, 0.2) is 96.1 Å². The second kappa shape index (κ2) is 18.1. The van der Waals surface area contributed by atoms with E-state index in [9.17, 15) is 29.2 Å². The maximum atomic E-state index is 13.3. The minimum atomic E-state index is -0.701. The quantitative estimate of drug-likeness (QED) is 0.170. The number of carbonyl (C=O) groups is 4. The van der Waals surface area contributed by atoms with Gasteiger partial charge in [0.05, 0.1) is 42.0 Å². The van der Waals surface area contributed by atoms with Gasteiger partial charge in [0.2, 0.25) is 17.7 Å². The molecule has 2 aromatic heterocycles. The number of imide groups is 1. The van der Waals surface area contributed by atoms with E-state index in [-0.39, 0.29) is 48.7 Å². The molecule has 63 heavy (non-hydrogen) atoms. The lowest BCUT2D eigenvalue weighted by atomic mass is 9.91. The zero-order valence-electron chi connectivity index (χ0n) is 34.9. The number of nitrogens with zero attached hydrogens (tertiary/aromatic N) is 8. The molecule has 4 amide bonds. The van der Waals surface area contributed by atoms with E-state index in [2.05, 4.69) is 31.6 Å². The zero-order chi connectivity index (χ0) is 43.5. The van der Waals surface area contributed by atoms with Gasteiger partial charge in [0.1, 0.15) is 6.04 Å². The Kier molecular flexibility index (Phi) is 11.9. The van der Waals surface area contributed by atoms with Crippen molar-refractivity contribution in [2.24, 2.45) is 11.8 Å². The Morgan fingerprint density at radius 3 is 2.35 bits per heavy atom. The van der Waals surface area contributed by atoms with E-state index >= 15 is 0 Å². The predicted octanol–water partition coefficient (Wildman–Crippen LogP) is 5.01. The molecule has 3 fully saturated rings. The summed E-state index contributed by atoms with van der Waals surface area (Å²) in [5.41, 5.74) is 6.24. The number of amides is 4. The van der Waals surface area contributed by atoms with Crippen LogP contribution in [0.2, 0.25) is 0 Å². The molecule has 0 saturated carbocycles. The fourth-order valence-electron chi connectivity index (χ4n) is 9.36. The smallest absolute Gasteiger partial charge is 0.267 e. The fourth-order valence-corrected chi connectivity index (χ4v) is 9.36. The van der Waals surface area contributed by atoms with Gasteiger partial charge in [-0.2, -0.15) is 10.4 Å². The first-order chi connectivity index (χ1) is 30.7. The van der Waals surface area contributed by atoms with Gasteiger partial charge in [0.25, 0.3) is 11.5 Å². The maximum absolute atomic E-state index is 13.3. The van der Waals surface area contributed by atoms with Crippen LogP contribution in [0.4, 0.5) is 11.4 Å². The number of carbonyl (C=O) groups excluding carboxylic acids is 4. The molecule has 9 rings (SSSR count). The minimum Gasteiger partial charge on any atom is -0.369 e. The van der Waals surface area contributed by atoms with Gasteiger partial charge in [-0.1, -0.05) is 36.4 Å². The third kappa shape index (κ3) is 9.27. The molecule has 0 aliphatic carbocycles. The lowest BCUT2D eigenvalue weighted by Gasteiger charge is -2.38. The molecule has 0 radical (unpaired) electrons. The van der Waals surface area contributed by atoms with E-state index in [1.165, 1.54) is 15.6 Å². The molecule has 320 valence electrons. The van der Waals surface area contributed by atoms with Crippen molar-refractivity contribution < 1.29 is 19.2 Å². The van der Waals surface area contributed by atoms with Crippen molar-refractivity contribution in [3.05, 3.63) is 124 Å². The highest BCUT2D eigenvalue weighted by Crippen LogP contribution is 2.33. The Labute approximate surface area is 364 Å². The summed E-state index contributed by atoms with van der Waals surface area (Å²) in [6, 6.07) is 24.9. The van der Waals surface area contributed by atoms with Crippen LogP contribution >= 0.6 is 0 Å². The highest BCUT2D eigenvalue weighted by atomic mass is 16.2. The summed E-state index contributed by atoms with van der Waals surface area (Å²) >= 11 is 0. The number of aromatic nitrogens is 4. The van der Waals surface area contributed by atoms with Gasteiger partial charge in [-0.15, -0.1) is 0 Å². The Balaban J connectivity index is 0.722. The summed E-state index contributed by atoms with van der Waals surface area (Å²) in [4.78, 5) is 79.2. The first kappa shape index (κ1) is 41.3. The first-order valence-electron chi connectivity index (χ1n) is 21.7. The summed E-state index contributed by atoms with van der Waals surface area (Å²) in [5.74, 6) is 0.381. The normalized spacial score (nSPS) is 18.5. The number of fused-ring (bicyclic) bond motifs is 1. The molecule has 5 aromatic rings. The molecule has 15 heteroatoms. The summed E-state index contributed by atoms with van der Waals surface area (Å²) < 4.78 is 1.43. The molecule has 0 bridgehead atoms. The number of nitrogens with one attached hydrogen (secondary N) is 2. The molecular weight excluding hydrogens is 797 g/mol. The van der Waals surface area contributed by atoms with Gasteiger partial charge < -0.3 is 20.0 Å². The largest absolute Gasteiger partial charge is 0.369 e. The number of benzene rings is 3. The molecule has 15 nitrogen and oxygen atoms in total. The Bertz CT molecular complexity index is 2660. The van der Waals surface area contributed by atoms with Crippen molar-refractivity contribution in [3.8, 4) is 28.7 Å². The molecule has 1 atom stereocenters. The third-order valence-corrected chi connectivity index (χ3v) is 12.8. The van der Waals surface area contributed by atoms with Gasteiger partial charge in [-0.25, -0.2) is 14.6 Å². The third-order valence-electron chi connectivity index (χ3n) is 12.8. The number of anilines is 2. The van der Waals surface area contributed by atoms with Crippen LogP contribution in [-0.2, 0) is 27.5 Å². The van der Waals surface area contributed by atoms with Crippen molar-refractivity contribution in [1.29, 1.82) is 5.26 Å². The number of nitriles is 1. The maximum Gasteiger partial charge on any atom is 0.267 e. The van der Waals surface area contributed by atoms with Crippen LogP contribution in [0.25, 0.3) is 22.6 Å². The van der Waals surface area contributed by atoms with Crippen molar-refractivity contribution in [2.45, 2.75) is 64.1 Å². The van der Waals surface area contributed by atoms with Crippen LogP contribution in [0.3, 0.4) is 0 Å². The van der Waals surface area contributed by atoms with Crippen LogP contribution < -0.4 is 21.1 Å². The Hall–Kier alpha value is -7.05. The molecule has 6 heterocycles. The molecular formula is C48H48N10O5.